The van der Waals surface area contributed by atoms with Crippen molar-refractivity contribution in [2.24, 2.45) is 0 Å². The molecule has 0 fully saturated rings. The highest BCUT2D eigenvalue weighted by molar-refractivity contribution is 5.76. The second kappa shape index (κ2) is 8.00. The van der Waals surface area contributed by atoms with Crippen LogP contribution in [0.15, 0.2) is 24.8 Å². The number of amides is 1. The van der Waals surface area contributed by atoms with Gasteiger partial charge in [0.05, 0.1) is 19.8 Å². The number of carbonyl (C=O) groups is 1. The van der Waals surface area contributed by atoms with Crippen molar-refractivity contribution in [3.8, 4) is 0 Å². The first kappa shape index (κ1) is 15.8. The summed E-state index contributed by atoms with van der Waals surface area (Å²) in [5.74, 6) is -0.320. The molecule has 0 unspecified atom stereocenters. The number of hydrogen-bond acceptors (Lipinski definition) is 4. The van der Waals surface area contributed by atoms with Crippen molar-refractivity contribution in [1.29, 1.82) is 0 Å². The van der Waals surface area contributed by atoms with Crippen LogP contribution in [0.5, 0.6) is 0 Å². The highest BCUT2D eigenvalue weighted by Gasteiger charge is 2.29. The summed E-state index contributed by atoms with van der Waals surface area (Å²) in [7, 11) is 0. The highest BCUT2D eigenvalue weighted by Crippen LogP contribution is 2.07. The molecule has 0 spiro atoms. The van der Waals surface area contributed by atoms with Crippen molar-refractivity contribution in [2.75, 3.05) is 19.8 Å². The Hall–Kier alpha value is -1.17. The van der Waals surface area contributed by atoms with Crippen LogP contribution in [0.2, 0.25) is 0 Å². The van der Waals surface area contributed by atoms with Crippen LogP contribution in [0.1, 0.15) is 19.3 Å². The Bertz CT molecular complexity index is 263. The maximum absolute atomic E-state index is 11.5. The number of hydrogen-bond donors (Lipinski definition) is 4. The average Bonchev–Trinajstić information content (AvgIpc) is 2.36. The Balaban J connectivity index is 4.07. The minimum absolute atomic E-state index is 0.245. The van der Waals surface area contributed by atoms with Crippen molar-refractivity contribution >= 4 is 5.91 Å². The van der Waals surface area contributed by atoms with E-state index in [0.717, 1.165) is 5.57 Å². The van der Waals surface area contributed by atoms with E-state index in [2.05, 4.69) is 18.5 Å². The van der Waals surface area contributed by atoms with Gasteiger partial charge in [-0.15, -0.1) is 0 Å². The van der Waals surface area contributed by atoms with Crippen LogP contribution in [0, 0.1) is 0 Å². The number of nitrogens with one attached hydrogen (secondary N) is 1. The van der Waals surface area contributed by atoms with Gasteiger partial charge >= 0.3 is 0 Å². The Morgan fingerprint density at radius 3 is 2.12 bits per heavy atom. The van der Waals surface area contributed by atoms with E-state index in [1.54, 1.807) is 6.08 Å². The van der Waals surface area contributed by atoms with Gasteiger partial charge in [-0.3, -0.25) is 4.79 Å². The van der Waals surface area contributed by atoms with Gasteiger partial charge in [-0.05, 0) is 12.8 Å². The van der Waals surface area contributed by atoms with E-state index in [0.29, 0.717) is 12.8 Å². The molecule has 0 radical (unpaired) electrons. The van der Waals surface area contributed by atoms with Gasteiger partial charge in [0.1, 0.15) is 5.54 Å². The maximum Gasteiger partial charge on any atom is 0.220 e. The molecule has 5 nitrogen and oxygen atoms in total. The van der Waals surface area contributed by atoms with Gasteiger partial charge in [0.2, 0.25) is 5.91 Å². The molecular weight excluding hydrogens is 222 g/mol. The number of rotatable bonds is 9. The molecule has 0 saturated carbocycles. The molecule has 0 aromatic heterocycles. The lowest BCUT2D eigenvalue weighted by Gasteiger charge is -2.28. The van der Waals surface area contributed by atoms with Crippen molar-refractivity contribution in [2.45, 2.75) is 24.8 Å². The van der Waals surface area contributed by atoms with Crippen LogP contribution in [0.4, 0.5) is 0 Å². The summed E-state index contributed by atoms with van der Waals surface area (Å²) in [6.45, 7) is 5.76. The SMILES string of the molecule is C=CC(=C)CCCC(=O)NC(CO)(CO)CO. The first-order chi connectivity index (χ1) is 8.03. The van der Waals surface area contributed by atoms with Gasteiger partial charge in [0.25, 0.3) is 0 Å². The topological polar surface area (TPSA) is 89.8 Å². The van der Waals surface area contributed by atoms with E-state index >= 15 is 0 Å². The number of aliphatic hydroxyl groups is 3. The van der Waals surface area contributed by atoms with Crippen LogP contribution in [-0.4, -0.2) is 46.6 Å². The molecular formula is C12H21NO4. The second-order valence-corrected chi connectivity index (χ2v) is 4.02. The Kier molecular flexibility index (Phi) is 7.45. The van der Waals surface area contributed by atoms with Crippen molar-refractivity contribution < 1.29 is 20.1 Å². The highest BCUT2D eigenvalue weighted by atomic mass is 16.3. The molecule has 5 heteroatoms. The summed E-state index contributed by atoms with van der Waals surface area (Å²) in [4.78, 5) is 11.5. The Morgan fingerprint density at radius 1 is 1.18 bits per heavy atom. The zero-order valence-corrected chi connectivity index (χ0v) is 9.98. The molecule has 0 aliphatic carbocycles. The third-order valence-corrected chi connectivity index (χ3v) is 2.50. The molecule has 0 aromatic rings. The van der Waals surface area contributed by atoms with Gasteiger partial charge in [0.15, 0.2) is 0 Å². The molecule has 0 bridgehead atoms. The zero-order valence-electron chi connectivity index (χ0n) is 9.98. The minimum Gasteiger partial charge on any atom is -0.394 e. The fourth-order valence-corrected chi connectivity index (χ4v) is 1.20. The Morgan fingerprint density at radius 2 is 1.71 bits per heavy atom. The molecule has 0 saturated heterocycles. The lowest BCUT2D eigenvalue weighted by atomic mass is 10.0. The number of aliphatic hydroxyl groups excluding tert-OH is 3. The first-order valence-electron chi connectivity index (χ1n) is 5.47. The lowest BCUT2D eigenvalue weighted by Crippen LogP contribution is -2.57. The van der Waals surface area contributed by atoms with Crippen molar-refractivity contribution in [3.63, 3.8) is 0 Å². The summed E-state index contributed by atoms with van der Waals surface area (Å²) in [5.41, 5.74) is -0.484. The summed E-state index contributed by atoms with van der Waals surface area (Å²) in [6, 6.07) is 0. The number of allylic oxidation sites excluding steroid dienone is 2. The standard InChI is InChI=1S/C12H21NO4/c1-3-10(2)5-4-6-11(17)13-12(7-14,8-15)9-16/h3,14-16H,1-2,4-9H2,(H,13,17). The van der Waals surface area contributed by atoms with Gasteiger partial charge in [-0.2, -0.15) is 0 Å². The fourth-order valence-electron chi connectivity index (χ4n) is 1.20. The van der Waals surface area contributed by atoms with E-state index in [4.69, 9.17) is 15.3 Å². The van der Waals surface area contributed by atoms with Crippen LogP contribution < -0.4 is 5.32 Å². The van der Waals surface area contributed by atoms with Crippen LogP contribution in [0.25, 0.3) is 0 Å². The van der Waals surface area contributed by atoms with E-state index in [9.17, 15) is 4.79 Å². The zero-order chi connectivity index (χ0) is 13.3. The molecule has 0 atom stereocenters. The maximum atomic E-state index is 11.5. The molecule has 0 aromatic carbocycles. The van der Waals surface area contributed by atoms with E-state index in [1.807, 2.05) is 0 Å². The van der Waals surface area contributed by atoms with E-state index in [-0.39, 0.29) is 12.3 Å². The molecule has 4 N–H and O–H groups in total. The van der Waals surface area contributed by atoms with Gasteiger partial charge in [-0.25, -0.2) is 0 Å². The molecule has 1 amide bonds. The largest absolute Gasteiger partial charge is 0.394 e. The second-order valence-electron chi connectivity index (χ2n) is 4.02. The summed E-state index contributed by atoms with van der Waals surface area (Å²) in [5, 5.41) is 29.5. The average molecular weight is 243 g/mol. The summed E-state index contributed by atoms with van der Waals surface area (Å²) < 4.78 is 0. The smallest absolute Gasteiger partial charge is 0.220 e. The van der Waals surface area contributed by atoms with Gasteiger partial charge < -0.3 is 20.6 Å². The van der Waals surface area contributed by atoms with Crippen molar-refractivity contribution in [3.05, 3.63) is 24.8 Å². The predicted molar refractivity (Wildman–Crippen MR) is 65.3 cm³/mol. The van der Waals surface area contributed by atoms with Crippen LogP contribution in [-0.2, 0) is 4.79 Å². The molecule has 98 valence electrons. The minimum atomic E-state index is -1.34. The lowest BCUT2D eigenvalue weighted by molar-refractivity contribution is -0.125. The summed E-state index contributed by atoms with van der Waals surface area (Å²) >= 11 is 0. The number of carbonyl (C=O) groups excluding carboxylic acids is 1. The molecule has 0 heterocycles. The quantitative estimate of drug-likeness (QED) is 0.420. The van der Waals surface area contributed by atoms with Crippen LogP contribution in [0.3, 0.4) is 0 Å². The van der Waals surface area contributed by atoms with Crippen molar-refractivity contribution in [1.82, 2.24) is 5.32 Å². The van der Waals surface area contributed by atoms with Crippen LogP contribution >= 0.6 is 0 Å². The third-order valence-electron chi connectivity index (χ3n) is 2.50. The monoisotopic (exact) mass is 243 g/mol. The molecule has 0 rings (SSSR count). The fraction of sp³-hybridized carbons (Fsp3) is 0.583. The van der Waals surface area contributed by atoms with Gasteiger partial charge in [0, 0.05) is 6.42 Å². The first-order valence-corrected chi connectivity index (χ1v) is 5.47. The van der Waals surface area contributed by atoms with Gasteiger partial charge in [-0.1, -0.05) is 24.8 Å². The normalized spacial score (nSPS) is 11.0. The Labute approximate surface area is 101 Å². The molecule has 17 heavy (non-hydrogen) atoms. The summed E-state index contributed by atoms with van der Waals surface area (Å²) in [6.07, 6.45) is 3.16. The molecule has 0 aliphatic rings. The predicted octanol–water partition coefficient (Wildman–Crippen LogP) is -0.269. The molecule has 0 aliphatic heterocycles. The third kappa shape index (κ3) is 5.63. The van der Waals surface area contributed by atoms with E-state index < -0.39 is 25.4 Å². The van der Waals surface area contributed by atoms with E-state index in [1.165, 1.54) is 0 Å².